The summed E-state index contributed by atoms with van der Waals surface area (Å²) in [5.74, 6) is 1.54. The lowest BCUT2D eigenvalue weighted by atomic mass is 10.2. The number of nitrogens with zero attached hydrogens (tertiary/aromatic N) is 2. The standard InChI is InChI=1S/C20H22N2O2/c1-22(13-14-24-20-10-6-5-9-19(20)23-2)15-17-12-11-16-7-3-4-8-18(16)21-17/h3-12H,13-15H2,1-2H3. The number of hydrogen-bond acceptors (Lipinski definition) is 4. The lowest BCUT2D eigenvalue weighted by Crippen LogP contribution is -2.24. The molecule has 4 heteroatoms. The maximum Gasteiger partial charge on any atom is 0.161 e. The van der Waals surface area contributed by atoms with Gasteiger partial charge in [0.2, 0.25) is 0 Å². The zero-order chi connectivity index (χ0) is 16.8. The topological polar surface area (TPSA) is 34.6 Å². The fourth-order valence-corrected chi connectivity index (χ4v) is 2.60. The van der Waals surface area contributed by atoms with Crippen molar-refractivity contribution in [3.63, 3.8) is 0 Å². The summed E-state index contributed by atoms with van der Waals surface area (Å²) in [4.78, 5) is 6.91. The Balaban J connectivity index is 1.54. The first kappa shape index (κ1) is 16.3. The minimum Gasteiger partial charge on any atom is -0.493 e. The van der Waals surface area contributed by atoms with Gasteiger partial charge in [-0.3, -0.25) is 9.88 Å². The van der Waals surface area contributed by atoms with Gasteiger partial charge in [-0.2, -0.15) is 0 Å². The summed E-state index contributed by atoms with van der Waals surface area (Å²) in [6.45, 7) is 2.21. The van der Waals surface area contributed by atoms with Crippen LogP contribution in [0.3, 0.4) is 0 Å². The first-order valence-electron chi connectivity index (χ1n) is 8.05. The smallest absolute Gasteiger partial charge is 0.161 e. The molecule has 0 amide bonds. The summed E-state index contributed by atoms with van der Waals surface area (Å²) in [6, 6.07) is 20.1. The number of ether oxygens (including phenoxy) is 2. The van der Waals surface area contributed by atoms with Crippen molar-refractivity contribution in [3.05, 3.63) is 66.4 Å². The Morgan fingerprint density at radius 1 is 0.917 bits per heavy atom. The van der Waals surface area contributed by atoms with Crippen LogP contribution in [0.15, 0.2) is 60.7 Å². The molecule has 0 N–H and O–H groups in total. The third-order valence-corrected chi connectivity index (χ3v) is 3.89. The van der Waals surface area contributed by atoms with Gasteiger partial charge in [0.05, 0.1) is 18.3 Å². The summed E-state index contributed by atoms with van der Waals surface area (Å²) in [6.07, 6.45) is 0. The normalized spacial score (nSPS) is 11.0. The van der Waals surface area contributed by atoms with Crippen molar-refractivity contribution in [2.24, 2.45) is 0 Å². The van der Waals surface area contributed by atoms with E-state index in [4.69, 9.17) is 14.5 Å². The molecule has 3 rings (SSSR count). The molecule has 0 radical (unpaired) electrons. The predicted octanol–water partition coefficient (Wildman–Crippen LogP) is 3.75. The van der Waals surface area contributed by atoms with E-state index in [2.05, 4.69) is 30.1 Å². The third kappa shape index (κ3) is 4.03. The molecular weight excluding hydrogens is 300 g/mol. The van der Waals surface area contributed by atoms with Gasteiger partial charge in [0, 0.05) is 18.5 Å². The number of likely N-dealkylation sites (N-methyl/N-ethyl adjacent to an activating group) is 1. The van der Waals surface area contributed by atoms with Crippen molar-refractivity contribution >= 4 is 10.9 Å². The molecule has 24 heavy (non-hydrogen) atoms. The van der Waals surface area contributed by atoms with Crippen LogP contribution in [0.25, 0.3) is 10.9 Å². The van der Waals surface area contributed by atoms with Gasteiger partial charge in [0.25, 0.3) is 0 Å². The summed E-state index contributed by atoms with van der Waals surface area (Å²) in [7, 11) is 3.72. The largest absolute Gasteiger partial charge is 0.493 e. The van der Waals surface area contributed by atoms with Gasteiger partial charge in [-0.05, 0) is 31.3 Å². The van der Waals surface area contributed by atoms with Crippen molar-refractivity contribution in [1.82, 2.24) is 9.88 Å². The van der Waals surface area contributed by atoms with Crippen LogP contribution in [0.4, 0.5) is 0 Å². The van der Waals surface area contributed by atoms with E-state index < -0.39 is 0 Å². The van der Waals surface area contributed by atoms with E-state index in [1.54, 1.807) is 7.11 Å². The van der Waals surface area contributed by atoms with E-state index in [1.165, 1.54) is 5.39 Å². The summed E-state index contributed by atoms with van der Waals surface area (Å²) >= 11 is 0. The molecule has 0 bridgehead atoms. The zero-order valence-corrected chi connectivity index (χ0v) is 14.1. The lowest BCUT2D eigenvalue weighted by Gasteiger charge is -2.17. The average Bonchev–Trinajstić information content (AvgIpc) is 2.62. The molecule has 1 aromatic heterocycles. The molecule has 4 nitrogen and oxygen atoms in total. The second-order valence-electron chi connectivity index (χ2n) is 5.73. The van der Waals surface area contributed by atoms with Crippen LogP contribution in [0.1, 0.15) is 5.69 Å². The molecule has 0 spiro atoms. The highest BCUT2D eigenvalue weighted by atomic mass is 16.5. The second-order valence-corrected chi connectivity index (χ2v) is 5.73. The predicted molar refractivity (Wildman–Crippen MR) is 96.6 cm³/mol. The van der Waals surface area contributed by atoms with Crippen LogP contribution >= 0.6 is 0 Å². The minimum atomic E-state index is 0.602. The number of aromatic nitrogens is 1. The Labute approximate surface area is 142 Å². The van der Waals surface area contributed by atoms with E-state index in [1.807, 2.05) is 42.5 Å². The fourth-order valence-electron chi connectivity index (χ4n) is 2.60. The quantitative estimate of drug-likeness (QED) is 0.663. The number of fused-ring (bicyclic) bond motifs is 1. The summed E-state index contributed by atoms with van der Waals surface area (Å²) < 4.78 is 11.1. The van der Waals surface area contributed by atoms with Gasteiger partial charge in [0.1, 0.15) is 6.61 Å². The third-order valence-electron chi connectivity index (χ3n) is 3.89. The highest BCUT2D eigenvalue weighted by molar-refractivity contribution is 5.78. The Hall–Kier alpha value is -2.59. The van der Waals surface area contributed by atoms with Crippen molar-refractivity contribution in [2.75, 3.05) is 27.3 Å². The molecule has 3 aromatic rings. The van der Waals surface area contributed by atoms with Crippen LogP contribution in [0.5, 0.6) is 11.5 Å². The Bertz CT molecular complexity index is 804. The Morgan fingerprint density at radius 2 is 1.67 bits per heavy atom. The first-order chi connectivity index (χ1) is 11.8. The van der Waals surface area contributed by atoms with Gasteiger partial charge < -0.3 is 9.47 Å². The minimum absolute atomic E-state index is 0.602. The Morgan fingerprint density at radius 3 is 2.50 bits per heavy atom. The Kier molecular flexibility index (Phi) is 5.29. The number of benzene rings is 2. The SMILES string of the molecule is COc1ccccc1OCCN(C)Cc1ccc2ccccc2n1. The number of para-hydroxylation sites is 3. The molecule has 1 heterocycles. The van der Waals surface area contributed by atoms with Crippen molar-refractivity contribution in [2.45, 2.75) is 6.54 Å². The maximum atomic E-state index is 5.82. The van der Waals surface area contributed by atoms with Gasteiger partial charge in [-0.15, -0.1) is 0 Å². The van der Waals surface area contributed by atoms with E-state index in [0.29, 0.717) is 6.61 Å². The van der Waals surface area contributed by atoms with E-state index in [0.717, 1.165) is 35.8 Å². The second kappa shape index (κ2) is 7.79. The molecular formula is C20H22N2O2. The molecule has 0 atom stereocenters. The van der Waals surface area contributed by atoms with E-state index >= 15 is 0 Å². The molecule has 0 aliphatic carbocycles. The molecule has 2 aromatic carbocycles. The van der Waals surface area contributed by atoms with Gasteiger partial charge in [-0.1, -0.05) is 36.4 Å². The number of pyridine rings is 1. The van der Waals surface area contributed by atoms with E-state index in [9.17, 15) is 0 Å². The molecule has 0 saturated heterocycles. The fraction of sp³-hybridized carbons (Fsp3) is 0.250. The number of rotatable bonds is 7. The van der Waals surface area contributed by atoms with Gasteiger partial charge in [0.15, 0.2) is 11.5 Å². The molecule has 0 saturated carbocycles. The van der Waals surface area contributed by atoms with Gasteiger partial charge in [-0.25, -0.2) is 0 Å². The number of hydrogen-bond donors (Lipinski definition) is 0. The van der Waals surface area contributed by atoms with Crippen molar-refractivity contribution in [3.8, 4) is 11.5 Å². The molecule has 124 valence electrons. The monoisotopic (exact) mass is 322 g/mol. The van der Waals surface area contributed by atoms with Crippen LogP contribution < -0.4 is 9.47 Å². The van der Waals surface area contributed by atoms with Gasteiger partial charge >= 0.3 is 0 Å². The summed E-state index contributed by atoms with van der Waals surface area (Å²) in [5, 5.41) is 1.17. The zero-order valence-electron chi connectivity index (χ0n) is 14.1. The van der Waals surface area contributed by atoms with Crippen molar-refractivity contribution in [1.29, 1.82) is 0 Å². The first-order valence-corrected chi connectivity index (χ1v) is 8.05. The van der Waals surface area contributed by atoms with E-state index in [-0.39, 0.29) is 0 Å². The molecule has 0 fully saturated rings. The summed E-state index contributed by atoms with van der Waals surface area (Å²) in [5.41, 5.74) is 2.10. The number of methoxy groups -OCH3 is 1. The maximum absolute atomic E-state index is 5.82. The highest BCUT2D eigenvalue weighted by Crippen LogP contribution is 2.25. The average molecular weight is 322 g/mol. The molecule has 0 aliphatic heterocycles. The van der Waals surface area contributed by atoms with Crippen LogP contribution in [-0.2, 0) is 6.54 Å². The van der Waals surface area contributed by atoms with Crippen LogP contribution in [0, 0.1) is 0 Å². The molecule has 0 unspecified atom stereocenters. The van der Waals surface area contributed by atoms with Crippen molar-refractivity contribution < 1.29 is 9.47 Å². The van der Waals surface area contributed by atoms with Crippen LogP contribution in [-0.4, -0.2) is 37.2 Å². The highest BCUT2D eigenvalue weighted by Gasteiger charge is 2.05. The van der Waals surface area contributed by atoms with Crippen LogP contribution in [0.2, 0.25) is 0 Å². The lowest BCUT2D eigenvalue weighted by molar-refractivity contribution is 0.225. The molecule has 0 aliphatic rings.